The second kappa shape index (κ2) is 5.57. The third kappa shape index (κ3) is 2.68. The summed E-state index contributed by atoms with van der Waals surface area (Å²) in [4.78, 5) is 12.3. The molecule has 0 heterocycles. The molecule has 3 rings (SSSR count). The van der Waals surface area contributed by atoms with E-state index in [1.165, 1.54) is 25.7 Å². The number of halogens is 2. The molecule has 0 aliphatic heterocycles. The zero-order valence-corrected chi connectivity index (χ0v) is 13.0. The Morgan fingerprint density at radius 2 is 2.05 bits per heavy atom. The van der Waals surface area contributed by atoms with Crippen LogP contribution in [0.25, 0.3) is 0 Å². The molecule has 2 aliphatic carbocycles. The Morgan fingerprint density at radius 3 is 2.65 bits per heavy atom. The highest BCUT2D eigenvalue weighted by Crippen LogP contribution is 2.49. The molecule has 0 radical (unpaired) electrons. The lowest BCUT2D eigenvalue weighted by Crippen LogP contribution is -2.40. The maximum Gasteiger partial charge on any atom is 0.251 e. The third-order valence-electron chi connectivity index (χ3n) is 4.98. The maximum absolute atomic E-state index is 12.3. The summed E-state index contributed by atoms with van der Waals surface area (Å²) in [6, 6.07) is 5.25. The van der Waals surface area contributed by atoms with Crippen LogP contribution in [0.15, 0.2) is 18.2 Å². The average molecular weight is 312 g/mol. The first-order chi connectivity index (χ1) is 9.54. The molecule has 4 heteroatoms. The highest BCUT2D eigenvalue weighted by Gasteiger charge is 2.42. The Hall–Kier alpha value is -0.730. The molecule has 2 nitrogen and oxygen atoms in total. The summed E-state index contributed by atoms with van der Waals surface area (Å²) in [5.41, 5.74) is 0.578. The lowest BCUT2D eigenvalue weighted by Gasteiger charge is -2.28. The van der Waals surface area contributed by atoms with Gasteiger partial charge in [0.1, 0.15) is 0 Å². The van der Waals surface area contributed by atoms with E-state index in [1.54, 1.807) is 18.2 Å². The summed E-state index contributed by atoms with van der Waals surface area (Å²) in [6.45, 7) is 2.13. The lowest BCUT2D eigenvalue weighted by atomic mass is 9.84. The number of fused-ring (bicyclic) bond motifs is 2. The molecular formula is C16H19Cl2NO. The van der Waals surface area contributed by atoms with E-state index < -0.39 is 0 Å². The molecule has 0 saturated heterocycles. The van der Waals surface area contributed by atoms with Crippen molar-refractivity contribution in [1.82, 2.24) is 5.32 Å². The molecule has 1 amide bonds. The zero-order valence-electron chi connectivity index (χ0n) is 11.5. The fourth-order valence-corrected chi connectivity index (χ4v) is 4.24. The topological polar surface area (TPSA) is 29.1 Å². The van der Waals surface area contributed by atoms with Crippen molar-refractivity contribution in [2.24, 2.45) is 17.8 Å². The predicted octanol–water partition coefficient (Wildman–Crippen LogP) is 4.55. The number of carbonyl (C=O) groups is 1. The van der Waals surface area contributed by atoms with Gasteiger partial charge in [-0.25, -0.2) is 0 Å². The van der Waals surface area contributed by atoms with E-state index in [2.05, 4.69) is 12.2 Å². The standard InChI is InChI=1S/C16H19Cl2NO/c1-9(13-7-10-2-3-11(13)6-10)19-16(20)12-4-5-14(17)15(18)8-12/h4-5,8-11,13H,2-3,6-7H2,1H3,(H,19,20)/t9-,10+,11+,13-/m0/s1. The Labute approximate surface area is 129 Å². The number of rotatable bonds is 3. The first kappa shape index (κ1) is 14.2. The molecule has 1 aromatic carbocycles. The highest BCUT2D eigenvalue weighted by molar-refractivity contribution is 6.42. The van der Waals surface area contributed by atoms with Gasteiger partial charge in [0.15, 0.2) is 0 Å². The molecular weight excluding hydrogens is 293 g/mol. The number of amides is 1. The molecule has 0 spiro atoms. The molecule has 1 N–H and O–H groups in total. The number of nitrogens with one attached hydrogen (secondary N) is 1. The minimum atomic E-state index is -0.0566. The second-order valence-electron chi connectivity index (χ2n) is 6.23. The second-order valence-corrected chi connectivity index (χ2v) is 7.04. The Kier molecular flexibility index (Phi) is 3.96. The van der Waals surface area contributed by atoms with E-state index in [-0.39, 0.29) is 11.9 Å². The van der Waals surface area contributed by atoms with Crippen LogP contribution in [0.4, 0.5) is 0 Å². The van der Waals surface area contributed by atoms with Gasteiger partial charge in [-0.1, -0.05) is 29.6 Å². The molecule has 2 fully saturated rings. The van der Waals surface area contributed by atoms with E-state index in [4.69, 9.17) is 23.2 Å². The van der Waals surface area contributed by atoms with Crippen molar-refractivity contribution in [3.05, 3.63) is 33.8 Å². The minimum Gasteiger partial charge on any atom is -0.349 e. The molecule has 0 unspecified atom stereocenters. The van der Waals surface area contributed by atoms with Crippen LogP contribution in [-0.4, -0.2) is 11.9 Å². The van der Waals surface area contributed by atoms with Gasteiger partial charge in [0.05, 0.1) is 10.0 Å². The van der Waals surface area contributed by atoms with Gasteiger partial charge in [-0.2, -0.15) is 0 Å². The van der Waals surface area contributed by atoms with Crippen LogP contribution in [0.5, 0.6) is 0 Å². The largest absolute Gasteiger partial charge is 0.349 e. The quantitative estimate of drug-likeness (QED) is 0.872. The third-order valence-corrected chi connectivity index (χ3v) is 5.71. The van der Waals surface area contributed by atoms with Crippen LogP contribution in [0, 0.1) is 17.8 Å². The summed E-state index contributed by atoms with van der Waals surface area (Å²) in [5, 5.41) is 4.03. The van der Waals surface area contributed by atoms with Crippen LogP contribution in [-0.2, 0) is 0 Å². The van der Waals surface area contributed by atoms with E-state index in [0.717, 1.165) is 11.8 Å². The SMILES string of the molecule is C[C@H](NC(=O)c1ccc(Cl)c(Cl)c1)[C@@H]1C[C@@H]2CC[C@@H]1C2. The first-order valence-electron chi connectivity index (χ1n) is 7.30. The predicted molar refractivity (Wildman–Crippen MR) is 82.3 cm³/mol. The van der Waals surface area contributed by atoms with E-state index in [9.17, 15) is 4.79 Å². The molecule has 4 atom stereocenters. The highest BCUT2D eigenvalue weighted by atomic mass is 35.5. The van der Waals surface area contributed by atoms with Crippen LogP contribution in [0.3, 0.4) is 0 Å². The van der Waals surface area contributed by atoms with Gasteiger partial charge in [-0.3, -0.25) is 4.79 Å². The van der Waals surface area contributed by atoms with Crippen molar-refractivity contribution < 1.29 is 4.79 Å². The summed E-state index contributed by atoms with van der Waals surface area (Å²) in [6.07, 6.45) is 5.35. The lowest BCUT2D eigenvalue weighted by molar-refractivity contribution is 0.0915. The zero-order chi connectivity index (χ0) is 14.3. The van der Waals surface area contributed by atoms with Gasteiger partial charge in [-0.15, -0.1) is 0 Å². The molecule has 1 aromatic rings. The van der Waals surface area contributed by atoms with Crippen molar-refractivity contribution in [3.63, 3.8) is 0 Å². The van der Waals surface area contributed by atoms with Gasteiger partial charge >= 0.3 is 0 Å². The number of hydrogen-bond donors (Lipinski definition) is 1. The van der Waals surface area contributed by atoms with E-state index >= 15 is 0 Å². The summed E-state index contributed by atoms with van der Waals surface area (Å²) < 4.78 is 0. The van der Waals surface area contributed by atoms with Crippen molar-refractivity contribution in [1.29, 1.82) is 0 Å². The van der Waals surface area contributed by atoms with Gasteiger partial charge < -0.3 is 5.32 Å². The molecule has 2 saturated carbocycles. The van der Waals surface area contributed by atoms with E-state index in [1.807, 2.05) is 0 Å². The van der Waals surface area contributed by atoms with Gasteiger partial charge in [0, 0.05) is 11.6 Å². The average Bonchev–Trinajstić information content (AvgIpc) is 3.04. The normalized spacial score (nSPS) is 29.4. The van der Waals surface area contributed by atoms with Crippen molar-refractivity contribution >= 4 is 29.1 Å². The van der Waals surface area contributed by atoms with Crippen LogP contribution >= 0.6 is 23.2 Å². The van der Waals surface area contributed by atoms with Crippen molar-refractivity contribution in [2.45, 2.75) is 38.6 Å². The number of benzene rings is 1. The fraction of sp³-hybridized carbons (Fsp3) is 0.562. The molecule has 20 heavy (non-hydrogen) atoms. The van der Waals surface area contributed by atoms with Gasteiger partial charge in [0.25, 0.3) is 5.91 Å². The Balaban J connectivity index is 1.65. The van der Waals surface area contributed by atoms with Crippen molar-refractivity contribution in [2.75, 3.05) is 0 Å². The number of hydrogen-bond acceptors (Lipinski definition) is 1. The van der Waals surface area contributed by atoms with Gasteiger partial charge in [0.2, 0.25) is 0 Å². The summed E-state index contributed by atoms with van der Waals surface area (Å²) >= 11 is 11.8. The Morgan fingerprint density at radius 1 is 1.25 bits per heavy atom. The van der Waals surface area contributed by atoms with Gasteiger partial charge in [-0.05, 0) is 62.1 Å². The van der Waals surface area contributed by atoms with Crippen molar-refractivity contribution in [3.8, 4) is 0 Å². The smallest absolute Gasteiger partial charge is 0.251 e. The van der Waals surface area contributed by atoms with Crippen LogP contribution < -0.4 is 5.32 Å². The summed E-state index contributed by atoms with van der Waals surface area (Å²) in [7, 11) is 0. The van der Waals surface area contributed by atoms with Crippen LogP contribution in [0.2, 0.25) is 10.0 Å². The monoisotopic (exact) mass is 311 g/mol. The molecule has 108 valence electrons. The molecule has 0 aromatic heterocycles. The molecule has 2 aliphatic rings. The first-order valence-corrected chi connectivity index (χ1v) is 8.06. The molecule has 2 bridgehead atoms. The van der Waals surface area contributed by atoms with E-state index in [0.29, 0.717) is 21.5 Å². The minimum absolute atomic E-state index is 0.0566. The Bertz CT molecular complexity index is 531. The fourth-order valence-electron chi connectivity index (χ4n) is 3.94. The maximum atomic E-state index is 12.3. The van der Waals surface area contributed by atoms with Crippen LogP contribution in [0.1, 0.15) is 43.0 Å². The number of carbonyl (C=O) groups excluding carboxylic acids is 1. The summed E-state index contributed by atoms with van der Waals surface area (Å²) in [5.74, 6) is 2.29.